The predicted octanol–water partition coefficient (Wildman–Crippen LogP) is 2.73. The number of aromatic nitrogens is 4. The van der Waals surface area contributed by atoms with Crippen LogP contribution in [0.4, 0.5) is 11.4 Å². The molecule has 1 aliphatic heterocycles. The lowest BCUT2D eigenvalue weighted by atomic mass is 10.0. The summed E-state index contributed by atoms with van der Waals surface area (Å²) in [4.78, 5) is 45.9. The van der Waals surface area contributed by atoms with E-state index in [1.165, 1.54) is 30.5 Å². The van der Waals surface area contributed by atoms with Crippen molar-refractivity contribution in [1.82, 2.24) is 20.2 Å². The maximum absolute atomic E-state index is 13.2. The molecule has 2 amide bonds. The van der Waals surface area contributed by atoms with E-state index >= 15 is 0 Å². The average Bonchev–Trinajstić information content (AvgIpc) is 3.28. The number of non-ortho nitro benzene ring substituents is 1. The lowest BCUT2D eigenvalue weighted by Crippen LogP contribution is -2.29. The van der Waals surface area contributed by atoms with E-state index in [0.29, 0.717) is 16.6 Å². The lowest BCUT2D eigenvalue weighted by Gasteiger charge is -2.13. The number of carbonyl (C=O) groups excluding carboxylic acids is 2. The third kappa shape index (κ3) is 2.39. The van der Waals surface area contributed by atoms with Gasteiger partial charge >= 0.3 is 0 Å². The topological polar surface area (TPSA) is 135 Å². The van der Waals surface area contributed by atoms with Crippen LogP contribution in [0.1, 0.15) is 20.7 Å². The highest BCUT2D eigenvalue weighted by Gasteiger charge is 2.40. The Balaban J connectivity index is 1.71. The number of imide groups is 1. The first-order valence-electron chi connectivity index (χ1n) is 8.47. The zero-order valence-electron chi connectivity index (χ0n) is 14.6. The molecular formula is C19H10N6O4. The van der Waals surface area contributed by atoms with Crippen molar-refractivity contribution in [2.24, 2.45) is 0 Å². The first-order chi connectivity index (χ1) is 14.1. The van der Waals surface area contributed by atoms with Crippen LogP contribution in [0.15, 0.2) is 55.0 Å². The van der Waals surface area contributed by atoms with Crippen LogP contribution < -0.4 is 4.90 Å². The average molecular weight is 386 g/mol. The maximum atomic E-state index is 13.2. The van der Waals surface area contributed by atoms with Gasteiger partial charge in [0.05, 0.1) is 32.8 Å². The van der Waals surface area contributed by atoms with Gasteiger partial charge in [0.15, 0.2) is 5.65 Å². The fourth-order valence-electron chi connectivity index (χ4n) is 3.40. The van der Waals surface area contributed by atoms with E-state index in [4.69, 9.17) is 0 Å². The van der Waals surface area contributed by atoms with Crippen molar-refractivity contribution in [2.75, 3.05) is 4.90 Å². The third-order valence-corrected chi connectivity index (χ3v) is 4.68. The second-order valence-corrected chi connectivity index (χ2v) is 6.31. The molecule has 0 saturated heterocycles. The second-order valence-electron chi connectivity index (χ2n) is 6.31. The van der Waals surface area contributed by atoms with Crippen molar-refractivity contribution in [3.63, 3.8) is 0 Å². The van der Waals surface area contributed by atoms with Crippen molar-refractivity contribution in [1.29, 1.82) is 0 Å². The smallest absolute Gasteiger partial charge is 0.271 e. The molecule has 4 heterocycles. The number of rotatable bonds is 3. The molecule has 10 heteroatoms. The maximum Gasteiger partial charge on any atom is 0.271 e. The normalized spacial score (nSPS) is 13.2. The molecular weight excluding hydrogens is 376 g/mol. The molecule has 0 fully saturated rings. The molecule has 1 aliphatic rings. The lowest BCUT2D eigenvalue weighted by molar-refractivity contribution is -0.384. The standard InChI is InChI=1S/C19H10N6O4/c26-18-13-9-21-17-15(16(22-23-17)10-3-2-6-20-8-10)14(13)19(27)24(18)11-4-1-5-12(7-11)25(28)29/h1-9H,(H,21,22,23). The summed E-state index contributed by atoms with van der Waals surface area (Å²) in [7, 11) is 0. The number of nitrogens with zero attached hydrogens (tertiary/aromatic N) is 5. The van der Waals surface area contributed by atoms with Gasteiger partial charge in [0.2, 0.25) is 0 Å². The molecule has 29 heavy (non-hydrogen) atoms. The highest BCUT2D eigenvalue weighted by atomic mass is 16.6. The Kier molecular flexibility index (Phi) is 3.47. The second kappa shape index (κ2) is 6.02. The molecule has 0 unspecified atom stereocenters. The van der Waals surface area contributed by atoms with E-state index in [1.54, 1.807) is 24.5 Å². The molecule has 0 bridgehead atoms. The number of anilines is 1. The van der Waals surface area contributed by atoms with Crippen LogP contribution in [0.25, 0.3) is 22.3 Å². The largest absolute Gasteiger partial charge is 0.275 e. The summed E-state index contributed by atoms with van der Waals surface area (Å²) in [6, 6.07) is 8.89. The molecule has 3 aromatic heterocycles. The van der Waals surface area contributed by atoms with Gasteiger partial charge in [-0.05, 0) is 18.2 Å². The van der Waals surface area contributed by atoms with Crippen LogP contribution in [0, 0.1) is 10.1 Å². The van der Waals surface area contributed by atoms with Gasteiger partial charge in [-0.25, -0.2) is 9.88 Å². The zero-order valence-corrected chi connectivity index (χ0v) is 14.6. The quantitative estimate of drug-likeness (QED) is 0.325. The van der Waals surface area contributed by atoms with E-state index in [0.717, 1.165) is 4.90 Å². The van der Waals surface area contributed by atoms with Gasteiger partial charge in [0.1, 0.15) is 0 Å². The van der Waals surface area contributed by atoms with Crippen molar-refractivity contribution in [3.8, 4) is 11.3 Å². The van der Waals surface area contributed by atoms with Gasteiger partial charge in [-0.1, -0.05) is 6.07 Å². The van der Waals surface area contributed by atoms with Gasteiger partial charge in [-0.2, -0.15) is 5.10 Å². The van der Waals surface area contributed by atoms with Crippen LogP contribution in [-0.4, -0.2) is 36.9 Å². The first-order valence-corrected chi connectivity index (χ1v) is 8.47. The number of fused-ring (bicyclic) bond motifs is 3. The number of hydrogen-bond donors (Lipinski definition) is 1. The summed E-state index contributed by atoms with van der Waals surface area (Å²) in [5, 5.41) is 18.5. The summed E-state index contributed by atoms with van der Waals surface area (Å²) in [5.41, 5.74) is 1.63. The minimum Gasteiger partial charge on any atom is -0.275 e. The SMILES string of the molecule is O=C1c2cnc3n[nH]c(-c4cccnc4)c3c2C(=O)N1c1cccc([N+](=O)[O-])c1. The number of aromatic amines is 1. The van der Waals surface area contributed by atoms with Gasteiger partial charge in [-0.3, -0.25) is 29.8 Å². The van der Waals surface area contributed by atoms with Crippen LogP contribution in [-0.2, 0) is 0 Å². The van der Waals surface area contributed by atoms with Crippen LogP contribution in [0.3, 0.4) is 0 Å². The molecule has 1 aromatic carbocycles. The van der Waals surface area contributed by atoms with E-state index in [1.807, 2.05) is 0 Å². The van der Waals surface area contributed by atoms with Gasteiger partial charge < -0.3 is 0 Å². The fourth-order valence-corrected chi connectivity index (χ4v) is 3.40. The Hall–Kier alpha value is -4.47. The summed E-state index contributed by atoms with van der Waals surface area (Å²) >= 11 is 0. The number of carbonyl (C=O) groups is 2. The molecule has 0 saturated carbocycles. The Morgan fingerprint density at radius 3 is 2.69 bits per heavy atom. The minimum atomic E-state index is -0.599. The predicted molar refractivity (Wildman–Crippen MR) is 101 cm³/mol. The van der Waals surface area contributed by atoms with Crippen molar-refractivity contribution < 1.29 is 14.5 Å². The number of hydrogen-bond acceptors (Lipinski definition) is 7. The van der Waals surface area contributed by atoms with Crippen molar-refractivity contribution in [3.05, 3.63) is 76.2 Å². The molecule has 10 nitrogen and oxygen atoms in total. The summed E-state index contributed by atoms with van der Waals surface area (Å²) in [6.07, 6.45) is 4.51. The molecule has 5 rings (SSSR count). The van der Waals surface area contributed by atoms with E-state index in [9.17, 15) is 19.7 Å². The molecule has 0 spiro atoms. The molecule has 0 radical (unpaired) electrons. The van der Waals surface area contributed by atoms with Gasteiger partial charge in [-0.15, -0.1) is 0 Å². The molecule has 140 valence electrons. The highest BCUT2D eigenvalue weighted by Crippen LogP contribution is 2.36. The molecule has 0 aliphatic carbocycles. The van der Waals surface area contributed by atoms with Gasteiger partial charge in [0, 0.05) is 36.3 Å². The van der Waals surface area contributed by atoms with E-state index in [-0.39, 0.29) is 28.1 Å². The first kappa shape index (κ1) is 16.7. The van der Waals surface area contributed by atoms with E-state index in [2.05, 4.69) is 20.2 Å². The Labute approximate surface area is 162 Å². The van der Waals surface area contributed by atoms with Crippen LogP contribution in [0.2, 0.25) is 0 Å². The number of pyridine rings is 2. The molecule has 4 aromatic rings. The summed E-state index contributed by atoms with van der Waals surface area (Å²) in [6.45, 7) is 0. The Bertz CT molecular complexity index is 1330. The monoisotopic (exact) mass is 386 g/mol. The zero-order chi connectivity index (χ0) is 20.1. The number of amides is 2. The summed E-state index contributed by atoms with van der Waals surface area (Å²) < 4.78 is 0. The number of H-pyrrole nitrogens is 1. The fraction of sp³-hybridized carbons (Fsp3) is 0. The number of nitrogens with one attached hydrogen (secondary N) is 1. The Morgan fingerprint density at radius 1 is 1.07 bits per heavy atom. The Morgan fingerprint density at radius 2 is 1.93 bits per heavy atom. The summed E-state index contributed by atoms with van der Waals surface area (Å²) in [5.74, 6) is -1.19. The molecule has 1 N–H and O–H groups in total. The van der Waals surface area contributed by atoms with Gasteiger partial charge in [0.25, 0.3) is 17.5 Å². The third-order valence-electron chi connectivity index (χ3n) is 4.68. The minimum absolute atomic E-state index is 0.112. The van der Waals surface area contributed by atoms with Crippen LogP contribution in [0.5, 0.6) is 0 Å². The van der Waals surface area contributed by atoms with Crippen molar-refractivity contribution >= 4 is 34.2 Å². The van der Waals surface area contributed by atoms with Crippen LogP contribution >= 0.6 is 0 Å². The van der Waals surface area contributed by atoms with Crippen molar-refractivity contribution in [2.45, 2.75) is 0 Å². The van der Waals surface area contributed by atoms with E-state index < -0.39 is 16.7 Å². The number of nitro groups is 1. The molecule has 0 atom stereocenters. The number of nitro benzene ring substituents is 1. The number of benzene rings is 1. The highest BCUT2D eigenvalue weighted by molar-refractivity contribution is 6.38.